The van der Waals surface area contributed by atoms with Gasteiger partial charge in [0.25, 0.3) is 0 Å². The number of nitrogens with two attached hydrogens (primary N) is 2. The molecule has 0 saturated carbocycles. The molecule has 12 heteroatoms. The Morgan fingerprint density at radius 3 is 2.86 bits per heavy atom. The maximum Gasteiger partial charge on any atom is 0.167 e. The highest BCUT2D eigenvalue weighted by Crippen LogP contribution is 2.33. The number of carbonyl (C=O) groups excluding carboxylic acids is 1. The monoisotopic (exact) mass is 424 g/mol. The minimum Gasteiger partial charge on any atom is -0.548 e. The number of ether oxygens (including phenoxy) is 1. The van der Waals surface area contributed by atoms with Crippen molar-refractivity contribution < 1.29 is 24.9 Å². The lowest BCUT2D eigenvalue weighted by atomic mass is 10.1. The average molecular weight is 424 g/mol. The quantitative estimate of drug-likeness (QED) is 0.244. The molecule has 0 aliphatic carbocycles. The zero-order valence-electron chi connectivity index (χ0n) is 15.6. The molecule has 11 nitrogen and oxygen atoms in total. The molecule has 1 fully saturated rings. The molecule has 2 aromatic heterocycles. The number of aliphatic carboxylic acids is 1. The number of nitrogens with zero attached hydrogens (tertiary/aromatic N) is 4. The number of carbonyl (C=O) groups is 1. The van der Waals surface area contributed by atoms with Crippen LogP contribution in [0.15, 0.2) is 25.3 Å². The summed E-state index contributed by atoms with van der Waals surface area (Å²) >= 11 is 0. The number of aromatic nitrogens is 4. The number of carboxylic acids is 1. The Kier molecular flexibility index (Phi) is 6.70. The minimum atomic E-state index is -1.30. The highest BCUT2D eigenvalue weighted by molar-refractivity contribution is 7.97. The van der Waals surface area contributed by atoms with Gasteiger partial charge in [-0.05, 0) is 17.0 Å². The SMILES string of the molecule is C=CC[S+](CC[C@H](N)C(=O)[O-])C[C@H]1O[C@@H](n2cnc3c(N)ncnc32)[C@H](O)[C@@H]1O. The molecule has 6 N–H and O–H groups in total. The Hall–Kier alpha value is -2.25. The minimum absolute atomic E-state index is 0.204. The largest absolute Gasteiger partial charge is 0.548 e. The lowest BCUT2D eigenvalue weighted by Crippen LogP contribution is -2.43. The predicted molar refractivity (Wildman–Crippen MR) is 105 cm³/mol. The summed E-state index contributed by atoms with van der Waals surface area (Å²) in [4.78, 5) is 23.0. The fourth-order valence-corrected chi connectivity index (χ4v) is 5.33. The third-order valence-corrected chi connectivity index (χ3v) is 7.09. The van der Waals surface area contributed by atoms with Crippen LogP contribution in [0.2, 0.25) is 0 Å². The standard InChI is InChI=1S/C17H24N6O5S/c1-2-4-29(5-3-9(18)17(26)27)6-10-12(24)13(25)16(28-10)23-8-22-11-14(19)20-7-21-15(11)23/h2,7-10,12-13,16,24-25H,1,3-6,18H2,(H2-,19,20,21,26,27)/t9-,10+,12+,13+,16+,29?/m0/s1. The van der Waals surface area contributed by atoms with E-state index < -0.39 is 36.6 Å². The molecule has 3 heterocycles. The van der Waals surface area contributed by atoms with E-state index in [1.165, 1.54) is 17.2 Å². The number of anilines is 1. The van der Waals surface area contributed by atoms with Crippen LogP contribution in [-0.2, 0) is 20.4 Å². The fourth-order valence-electron chi connectivity index (χ4n) is 3.20. The lowest BCUT2D eigenvalue weighted by Gasteiger charge is -2.17. The summed E-state index contributed by atoms with van der Waals surface area (Å²) in [5.41, 5.74) is 12.1. The Balaban J connectivity index is 1.73. The smallest absolute Gasteiger partial charge is 0.167 e. The first kappa shape index (κ1) is 21.5. The van der Waals surface area contributed by atoms with Crippen LogP contribution >= 0.6 is 0 Å². The van der Waals surface area contributed by atoms with Gasteiger partial charge in [0.05, 0.1) is 12.3 Å². The van der Waals surface area contributed by atoms with Crippen molar-refractivity contribution in [1.82, 2.24) is 19.5 Å². The van der Waals surface area contributed by atoms with Gasteiger partial charge in [0.1, 0.15) is 47.4 Å². The van der Waals surface area contributed by atoms with E-state index >= 15 is 0 Å². The maximum atomic E-state index is 10.8. The first-order chi connectivity index (χ1) is 13.8. The number of rotatable bonds is 9. The van der Waals surface area contributed by atoms with Crippen LogP contribution in [-0.4, -0.2) is 77.3 Å². The van der Waals surface area contributed by atoms with Crippen LogP contribution in [0.4, 0.5) is 5.82 Å². The van der Waals surface area contributed by atoms with Gasteiger partial charge in [-0.1, -0.05) is 6.58 Å². The van der Waals surface area contributed by atoms with Gasteiger partial charge in [-0.3, -0.25) is 4.57 Å². The van der Waals surface area contributed by atoms with Gasteiger partial charge in [-0.15, -0.1) is 0 Å². The molecule has 1 unspecified atom stereocenters. The van der Waals surface area contributed by atoms with Gasteiger partial charge >= 0.3 is 0 Å². The second-order valence-electron chi connectivity index (χ2n) is 6.78. The zero-order chi connectivity index (χ0) is 21.1. The third-order valence-electron chi connectivity index (χ3n) is 4.77. The number of aliphatic hydroxyl groups is 2. The molecule has 1 aliphatic rings. The number of nitrogen functional groups attached to an aromatic ring is 1. The van der Waals surface area contributed by atoms with Crippen molar-refractivity contribution in [2.45, 2.75) is 37.0 Å². The van der Waals surface area contributed by atoms with Gasteiger partial charge in [0.15, 0.2) is 17.7 Å². The van der Waals surface area contributed by atoms with Gasteiger partial charge in [-0.25, -0.2) is 15.0 Å². The summed E-state index contributed by atoms with van der Waals surface area (Å²) in [6.07, 6.45) is 0.805. The van der Waals surface area contributed by atoms with Crippen LogP contribution in [0.5, 0.6) is 0 Å². The number of hydrogen-bond acceptors (Lipinski definition) is 10. The Labute approximate surface area is 169 Å². The summed E-state index contributed by atoms with van der Waals surface area (Å²) in [6.45, 7) is 3.73. The van der Waals surface area contributed by atoms with Gasteiger partial charge in [0, 0.05) is 12.5 Å². The normalized spacial score (nSPS) is 26.4. The maximum absolute atomic E-state index is 10.8. The molecule has 1 saturated heterocycles. The Bertz CT molecular complexity index is 879. The fraction of sp³-hybridized carbons (Fsp3) is 0.529. The van der Waals surface area contributed by atoms with E-state index in [4.69, 9.17) is 16.2 Å². The summed E-state index contributed by atoms with van der Waals surface area (Å²) < 4.78 is 7.46. The molecule has 0 radical (unpaired) electrons. The molecule has 0 spiro atoms. The molecule has 3 rings (SSSR count). The highest BCUT2D eigenvalue weighted by atomic mass is 32.2. The number of imidazole rings is 1. The molecule has 2 aromatic rings. The van der Waals surface area contributed by atoms with Crippen LogP contribution < -0.4 is 16.6 Å². The van der Waals surface area contributed by atoms with Crippen molar-refractivity contribution in [3.8, 4) is 0 Å². The molecule has 6 atom stereocenters. The van der Waals surface area contributed by atoms with Crippen molar-refractivity contribution in [2.75, 3.05) is 23.0 Å². The number of carboxylic acid groups (broad SMARTS) is 1. The van der Waals surface area contributed by atoms with Crippen LogP contribution in [0.1, 0.15) is 12.6 Å². The van der Waals surface area contributed by atoms with E-state index in [0.717, 1.165) is 0 Å². The van der Waals surface area contributed by atoms with Gasteiger partial charge in [-0.2, -0.15) is 0 Å². The van der Waals surface area contributed by atoms with E-state index in [1.54, 1.807) is 6.08 Å². The second kappa shape index (κ2) is 9.05. The van der Waals surface area contributed by atoms with Crippen molar-refractivity contribution >= 4 is 33.8 Å². The summed E-state index contributed by atoms with van der Waals surface area (Å²) in [5, 5.41) is 31.9. The van der Waals surface area contributed by atoms with E-state index in [2.05, 4.69) is 21.5 Å². The second-order valence-corrected chi connectivity index (χ2v) is 9.08. The van der Waals surface area contributed by atoms with E-state index in [0.29, 0.717) is 28.4 Å². The first-order valence-corrected chi connectivity index (χ1v) is 10.7. The van der Waals surface area contributed by atoms with E-state index in [-0.39, 0.29) is 23.1 Å². The van der Waals surface area contributed by atoms with Crippen molar-refractivity contribution in [3.05, 3.63) is 25.3 Å². The lowest BCUT2D eigenvalue weighted by molar-refractivity contribution is -0.307. The van der Waals surface area contributed by atoms with Crippen LogP contribution in [0.3, 0.4) is 0 Å². The van der Waals surface area contributed by atoms with Crippen LogP contribution in [0, 0.1) is 0 Å². The molecule has 158 valence electrons. The number of hydrogen-bond donors (Lipinski definition) is 4. The van der Waals surface area contributed by atoms with Gasteiger partial charge in [0.2, 0.25) is 0 Å². The number of fused-ring (bicyclic) bond motifs is 1. The van der Waals surface area contributed by atoms with Crippen molar-refractivity contribution in [2.24, 2.45) is 5.73 Å². The Morgan fingerprint density at radius 1 is 1.41 bits per heavy atom. The molecule has 0 aromatic carbocycles. The molecule has 0 bridgehead atoms. The summed E-state index contributed by atoms with van der Waals surface area (Å²) in [5.74, 6) is 0.463. The summed E-state index contributed by atoms with van der Waals surface area (Å²) in [7, 11) is -0.335. The topological polar surface area (TPSA) is 185 Å². The van der Waals surface area contributed by atoms with Gasteiger partial charge < -0.3 is 36.3 Å². The summed E-state index contributed by atoms with van der Waals surface area (Å²) in [6, 6.07) is -1.05. The van der Waals surface area contributed by atoms with Crippen LogP contribution in [0.25, 0.3) is 11.2 Å². The average Bonchev–Trinajstić information content (AvgIpc) is 3.23. The van der Waals surface area contributed by atoms with E-state index in [9.17, 15) is 20.1 Å². The first-order valence-electron chi connectivity index (χ1n) is 8.99. The predicted octanol–water partition coefficient (Wildman–Crippen LogP) is -2.70. The molecule has 0 amide bonds. The third kappa shape index (κ3) is 4.51. The molecule has 29 heavy (non-hydrogen) atoms. The molecule has 1 aliphatic heterocycles. The number of aliphatic hydroxyl groups excluding tert-OH is 2. The van der Waals surface area contributed by atoms with E-state index in [1.807, 2.05) is 0 Å². The van der Waals surface area contributed by atoms with Crippen molar-refractivity contribution in [3.63, 3.8) is 0 Å². The zero-order valence-corrected chi connectivity index (χ0v) is 16.4. The molecular formula is C17H24N6O5S. The van der Waals surface area contributed by atoms with Crippen molar-refractivity contribution in [1.29, 1.82) is 0 Å². The molecular weight excluding hydrogens is 400 g/mol. The Morgan fingerprint density at radius 2 is 2.17 bits per heavy atom. The highest BCUT2D eigenvalue weighted by Gasteiger charge is 2.47.